The van der Waals surface area contributed by atoms with Crippen LogP contribution in [0.3, 0.4) is 0 Å². The first kappa shape index (κ1) is 10.2. The SMILES string of the molecule is CNC(=O)/C=C1\CCc2ccc(Cl)cc21. The van der Waals surface area contributed by atoms with Gasteiger partial charge in [0.2, 0.25) is 5.91 Å². The Labute approximate surface area is 93.9 Å². The largest absolute Gasteiger partial charge is 0.356 e. The van der Waals surface area contributed by atoms with Gasteiger partial charge in [-0.05, 0) is 41.7 Å². The Morgan fingerprint density at radius 1 is 1.47 bits per heavy atom. The lowest BCUT2D eigenvalue weighted by molar-refractivity contribution is -0.116. The Kier molecular flexibility index (Phi) is 2.78. The van der Waals surface area contributed by atoms with Crippen LogP contribution in [0.25, 0.3) is 5.57 Å². The number of amides is 1. The zero-order valence-electron chi connectivity index (χ0n) is 8.51. The van der Waals surface area contributed by atoms with Gasteiger partial charge in [0.05, 0.1) is 0 Å². The van der Waals surface area contributed by atoms with Crippen LogP contribution in [0.15, 0.2) is 24.3 Å². The third-order valence-electron chi connectivity index (χ3n) is 2.63. The second-order valence-corrected chi connectivity index (χ2v) is 4.02. The van der Waals surface area contributed by atoms with Gasteiger partial charge in [0, 0.05) is 18.1 Å². The lowest BCUT2D eigenvalue weighted by atomic mass is 10.1. The molecule has 1 amide bonds. The van der Waals surface area contributed by atoms with E-state index < -0.39 is 0 Å². The first-order chi connectivity index (χ1) is 7.20. The van der Waals surface area contributed by atoms with Crippen LogP contribution >= 0.6 is 11.6 Å². The predicted octanol–water partition coefficient (Wildman–Crippen LogP) is 2.42. The van der Waals surface area contributed by atoms with Crippen molar-refractivity contribution >= 4 is 23.1 Å². The number of benzene rings is 1. The fourth-order valence-corrected chi connectivity index (χ4v) is 2.02. The van der Waals surface area contributed by atoms with E-state index in [2.05, 4.69) is 5.32 Å². The second kappa shape index (κ2) is 4.07. The number of rotatable bonds is 1. The molecule has 0 aromatic heterocycles. The zero-order valence-corrected chi connectivity index (χ0v) is 9.27. The molecule has 0 aliphatic heterocycles. The summed E-state index contributed by atoms with van der Waals surface area (Å²) in [6.07, 6.45) is 3.57. The number of likely N-dealkylation sites (N-methyl/N-ethyl adjacent to an activating group) is 1. The van der Waals surface area contributed by atoms with Gasteiger partial charge in [-0.1, -0.05) is 17.7 Å². The highest BCUT2D eigenvalue weighted by molar-refractivity contribution is 6.30. The molecule has 1 aliphatic carbocycles. The fourth-order valence-electron chi connectivity index (χ4n) is 1.85. The van der Waals surface area contributed by atoms with Crippen LogP contribution in [0, 0.1) is 0 Å². The molecule has 0 saturated heterocycles. The molecule has 1 aromatic rings. The van der Waals surface area contributed by atoms with Gasteiger partial charge in [-0.25, -0.2) is 0 Å². The van der Waals surface area contributed by atoms with Gasteiger partial charge in [-0.3, -0.25) is 4.79 Å². The van der Waals surface area contributed by atoms with Gasteiger partial charge in [0.1, 0.15) is 0 Å². The molecule has 0 spiro atoms. The number of halogens is 1. The highest BCUT2D eigenvalue weighted by atomic mass is 35.5. The van der Waals surface area contributed by atoms with E-state index in [0.29, 0.717) is 0 Å². The minimum absolute atomic E-state index is 0.0576. The maximum atomic E-state index is 11.2. The molecule has 0 unspecified atom stereocenters. The summed E-state index contributed by atoms with van der Waals surface area (Å²) >= 11 is 5.93. The van der Waals surface area contributed by atoms with Crippen LogP contribution in [-0.4, -0.2) is 13.0 Å². The number of allylic oxidation sites excluding steroid dienone is 1. The van der Waals surface area contributed by atoms with Crippen molar-refractivity contribution in [2.75, 3.05) is 7.05 Å². The van der Waals surface area contributed by atoms with Gasteiger partial charge < -0.3 is 5.32 Å². The van der Waals surface area contributed by atoms with E-state index in [1.54, 1.807) is 13.1 Å². The third kappa shape index (κ3) is 2.05. The van der Waals surface area contributed by atoms with Gasteiger partial charge in [-0.2, -0.15) is 0 Å². The van der Waals surface area contributed by atoms with E-state index in [9.17, 15) is 4.79 Å². The fraction of sp³-hybridized carbons (Fsp3) is 0.250. The highest BCUT2D eigenvalue weighted by Crippen LogP contribution is 2.33. The summed E-state index contributed by atoms with van der Waals surface area (Å²) in [5.41, 5.74) is 3.47. The van der Waals surface area contributed by atoms with Crippen molar-refractivity contribution < 1.29 is 4.79 Å². The number of hydrogen-bond donors (Lipinski definition) is 1. The third-order valence-corrected chi connectivity index (χ3v) is 2.87. The van der Waals surface area contributed by atoms with Crippen molar-refractivity contribution in [3.05, 3.63) is 40.4 Å². The standard InChI is InChI=1S/C12H12ClNO/c1-14-12(15)6-9-3-2-8-4-5-10(13)7-11(8)9/h4-7H,2-3H2,1H3,(H,14,15)/b9-6+. The summed E-state index contributed by atoms with van der Waals surface area (Å²) in [5, 5.41) is 3.31. The number of carbonyl (C=O) groups is 1. The molecule has 2 rings (SSSR count). The van der Waals surface area contributed by atoms with Crippen LogP contribution in [0.2, 0.25) is 5.02 Å². The Bertz CT molecular complexity index is 437. The van der Waals surface area contributed by atoms with E-state index in [1.165, 1.54) is 5.56 Å². The number of hydrogen-bond acceptors (Lipinski definition) is 1. The summed E-state index contributed by atoms with van der Waals surface area (Å²) in [6.45, 7) is 0. The molecule has 1 N–H and O–H groups in total. The van der Waals surface area contributed by atoms with Crippen molar-refractivity contribution in [1.82, 2.24) is 5.32 Å². The lowest BCUT2D eigenvalue weighted by Gasteiger charge is -2.01. The molecule has 0 saturated carbocycles. The Morgan fingerprint density at radius 3 is 3.00 bits per heavy atom. The molecule has 3 heteroatoms. The topological polar surface area (TPSA) is 29.1 Å². The van der Waals surface area contributed by atoms with Crippen LogP contribution in [0.5, 0.6) is 0 Å². The molecule has 78 valence electrons. The molecule has 1 aliphatic rings. The highest BCUT2D eigenvalue weighted by Gasteiger charge is 2.16. The molecular weight excluding hydrogens is 210 g/mol. The van der Waals surface area contributed by atoms with E-state index in [1.807, 2.05) is 18.2 Å². The first-order valence-corrected chi connectivity index (χ1v) is 5.29. The van der Waals surface area contributed by atoms with Crippen molar-refractivity contribution in [3.63, 3.8) is 0 Å². The van der Waals surface area contributed by atoms with Gasteiger partial charge in [0.15, 0.2) is 0 Å². The van der Waals surface area contributed by atoms with Crippen LogP contribution in [0.4, 0.5) is 0 Å². The number of fused-ring (bicyclic) bond motifs is 1. The maximum Gasteiger partial charge on any atom is 0.244 e. The number of nitrogens with one attached hydrogen (secondary N) is 1. The van der Waals surface area contributed by atoms with Crippen LogP contribution in [-0.2, 0) is 11.2 Å². The minimum atomic E-state index is -0.0576. The average molecular weight is 222 g/mol. The van der Waals surface area contributed by atoms with Gasteiger partial charge >= 0.3 is 0 Å². The summed E-state index contributed by atoms with van der Waals surface area (Å²) in [5.74, 6) is -0.0576. The maximum absolute atomic E-state index is 11.2. The summed E-state index contributed by atoms with van der Waals surface area (Å²) < 4.78 is 0. The van der Waals surface area contributed by atoms with Gasteiger partial charge in [0.25, 0.3) is 0 Å². The average Bonchev–Trinajstić information content (AvgIpc) is 2.61. The van der Waals surface area contributed by atoms with Crippen molar-refractivity contribution in [2.45, 2.75) is 12.8 Å². The van der Waals surface area contributed by atoms with Gasteiger partial charge in [-0.15, -0.1) is 0 Å². The van der Waals surface area contributed by atoms with Crippen LogP contribution < -0.4 is 5.32 Å². The van der Waals surface area contributed by atoms with E-state index in [-0.39, 0.29) is 5.91 Å². The molecule has 0 fully saturated rings. The minimum Gasteiger partial charge on any atom is -0.356 e. The number of carbonyl (C=O) groups excluding carboxylic acids is 1. The Balaban J connectivity index is 2.39. The quantitative estimate of drug-likeness (QED) is 0.725. The van der Waals surface area contributed by atoms with Crippen molar-refractivity contribution in [1.29, 1.82) is 0 Å². The molecule has 15 heavy (non-hydrogen) atoms. The molecule has 1 aromatic carbocycles. The molecule has 0 radical (unpaired) electrons. The van der Waals surface area contributed by atoms with E-state index in [0.717, 1.165) is 29.0 Å². The summed E-state index contributed by atoms with van der Waals surface area (Å²) in [4.78, 5) is 11.2. The summed E-state index contributed by atoms with van der Waals surface area (Å²) in [6, 6.07) is 5.85. The number of aryl methyl sites for hydroxylation is 1. The molecule has 0 atom stereocenters. The normalized spacial score (nSPS) is 16.5. The Morgan fingerprint density at radius 2 is 2.27 bits per heavy atom. The van der Waals surface area contributed by atoms with Crippen molar-refractivity contribution in [2.24, 2.45) is 0 Å². The van der Waals surface area contributed by atoms with E-state index >= 15 is 0 Å². The zero-order chi connectivity index (χ0) is 10.8. The van der Waals surface area contributed by atoms with Crippen LogP contribution in [0.1, 0.15) is 17.5 Å². The lowest BCUT2D eigenvalue weighted by Crippen LogP contribution is -2.14. The molecule has 0 heterocycles. The van der Waals surface area contributed by atoms with Crippen molar-refractivity contribution in [3.8, 4) is 0 Å². The smallest absolute Gasteiger partial charge is 0.244 e. The predicted molar refractivity (Wildman–Crippen MR) is 61.8 cm³/mol. The summed E-state index contributed by atoms with van der Waals surface area (Å²) in [7, 11) is 1.63. The molecule has 0 bridgehead atoms. The first-order valence-electron chi connectivity index (χ1n) is 4.92. The molecule has 2 nitrogen and oxygen atoms in total. The second-order valence-electron chi connectivity index (χ2n) is 3.59. The molecular formula is C12H12ClNO. The monoisotopic (exact) mass is 221 g/mol. The Hall–Kier alpha value is -1.28. The van der Waals surface area contributed by atoms with E-state index in [4.69, 9.17) is 11.6 Å².